The minimum Gasteiger partial charge on any atom is -0.493 e. The molecule has 2 fully saturated rings. The lowest BCUT2D eigenvalue weighted by Crippen LogP contribution is -2.48. The van der Waals surface area contributed by atoms with Crippen LogP contribution < -0.4 is 14.8 Å². The summed E-state index contributed by atoms with van der Waals surface area (Å²) in [5, 5.41) is 2.92. The zero-order chi connectivity index (χ0) is 19.9. The maximum Gasteiger partial charge on any atom is 0.223 e. The highest BCUT2D eigenvalue weighted by Crippen LogP contribution is 2.29. The van der Waals surface area contributed by atoms with Crippen molar-refractivity contribution in [2.24, 2.45) is 5.92 Å². The molecule has 0 unspecified atom stereocenters. The summed E-state index contributed by atoms with van der Waals surface area (Å²) in [5.74, 6) is 2.04. The lowest BCUT2D eigenvalue weighted by molar-refractivity contribution is -0.133. The van der Waals surface area contributed by atoms with Crippen LogP contribution in [0, 0.1) is 5.92 Å². The fourth-order valence-electron chi connectivity index (χ4n) is 3.49. The molecule has 3 rings (SSSR count). The van der Waals surface area contributed by atoms with Gasteiger partial charge in [-0.25, -0.2) is 0 Å². The molecule has 7 heteroatoms. The van der Waals surface area contributed by atoms with Gasteiger partial charge in [0.1, 0.15) is 0 Å². The van der Waals surface area contributed by atoms with E-state index in [1.807, 2.05) is 17.0 Å². The fraction of sp³-hybridized carbons (Fsp3) is 0.619. The zero-order valence-electron chi connectivity index (χ0n) is 16.9. The number of rotatable bonds is 9. The Morgan fingerprint density at radius 2 is 1.79 bits per heavy atom. The third-order valence-corrected chi connectivity index (χ3v) is 5.39. The van der Waals surface area contributed by atoms with Gasteiger partial charge in [-0.15, -0.1) is 0 Å². The van der Waals surface area contributed by atoms with Gasteiger partial charge < -0.3 is 19.7 Å². The molecule has 28 heavy (non-hydrogen) atoms. The molecule has 2 amide bonds. The summed E-state index contributed by atoms with van der Waals surface area (Å²) in [6.07, 6.45) is 3.24. The minimum atomic E-state index is 0.149. The van der Waals surface area contributed by atoms with E-state index in [0.29, 0.717) is 19.4 Å². The zero-order valence-corrected chi connectivity index (χ0v) is 16.9. The summed E-state index contributed by atoms with van der Waals surface area (Å²) >= 11 is 0. The lowest BCUT2D eigenvalue weighted by atomic mass is 10.1. The molecule has 0 atom stereocenters. The van der Waals surface area contributed by atoms with Crippen molar-refractivity contribution in [3.8, 4) is 11.5 Å². The van der Waals surface area contributed by atoms with Gasteiger partial charge in [0.05, 0.1) is 14.2 Å². The summed E-state index contributed by atoms with van der Waals surface area (Å²) in [5.41, 5.74) is 1.17. The Bertz CT molecular complexity index is 682. The van der Waals surface area contributed by atoms with Crippen molar-refractivity contribution in [1.82, 2.24) is 15.1 Å². The van der Waals surface area contributed by atoms with Crippen molar-refractivity contribution >= 4 is 11.8 Å². The van der Waals surface area contributed by atoms with Gasteiger partial charge in [0.15, 0.2) is 11.5 Å². The molecule has 1 aliphatic heterocycles. The number of nitrogens with zero attached hydrogens (tertiary/aromatic N) is 2. The van der Waals surface area contributed by atoms with Crippen LogP contribution in [0.4, 0.5) is 0 Å². The number of hydrogen-bond acceptors (Lipinski definition) is 5. The first-order valence-corrected chi connectivity index (χ1v) is 10.1. The molecule has 1 N–H and O–H groups in total. The number of amides is 2. The van der Waals surface area contributed by atoms with Crippen LogP contribution in [-0.4, -0.2) is 68.6 Å². The SMILES string of the molecule is COc1ccc(CN2CCN(C(=O)CCCNC(=O)C3CC3)CC2)cc1OC. The highest BCUT2D eigenvalue weighted by atomic mass is 16.5. The molecule has 0 spiro atoms. The van der Waals surface area contributed by atoms with E-state index in [-0.39, 0.29) is 17.7 Å². The molecule has 0 radical (unpaired) electrons. The van der Waals surface area contributed by atoms with Gasteiger partial charge in [-0.05, 0) is 37.0 Å². The smallest absolute Gasteiger partial charge is 0.223 e. The van der Waals surface area contributed by atoms with Gasteiger partial charge in [0.25, 0.3) is 0 Å². The summed E-state index contributed by atoms with van der Waals surface area (Å²) in [6.45, 7) is 4.65. The Morgan fingerprint density at radius 1 is 1.07 bits per heavy atom. The predicted molar refractivity (Wildman–Crippen MR) is 106 cm³/mol. The van der Waals surface area contributed by atoms with E-state index in [4.69, 9.17) is 9.47 Å². The molecule has 2 aliphatic rings. The van der Waals surface area contributed by atoms with Crippen molar-refractivity contribution < 1.29 is 19.1 Å². The summed E-state index contributed by atoms with van der Waals surface area (Å²) < 4.78 is 10.7. The molecular weight excluding hydrogens is 358 g/mol. The summed E-state index contributed by atoms with van der Waals surface area (Å²) in [7, 11) is 3.28. The quantitative estimate of drug-likeness (QED) is 0.651. The highest BCUT2D eigenvalue weighted by Gasteiger charge is 2.29. The van der Waals surface area contributed by atoms with Crippen molar-refractivity contribution in [1.29, 1.82) is 0 Å². The van der Waals surface area contributed by atoms with Crippen molar-refractivity contribution in [3.63, 3.8) is 0 Å². The maximum atomic E-state index is 12.4. The first-order valence-electron chi connectivity index (χ1n) is 10.1. The molecule has 1 heterocycles. The van der Waals surface area contributed by atoms with Gasteiger partial charge in [0.2, 0.25) is 11.8 Å². The number of ether oxygens (including phenoxy) is 2. The largest absolute Gasteiger partial charge is 0.493 e. The molecule has 1 aromatic carbocycles. The van der Waals surface area contributed by atoms with Crippen LogP contribution in [0.25, 0.3) is 0 Å². The number of hydrogen-bond donors (Lipinski definition) is 1. The molecule has 1 aromatic rings. The summed E-state index contributed by atoms with van der Waals surface area (Å²) in [4.78, 5) is 28.2. The molecule has 7 nitrogen and oxygen atoms in total. The van der Waals surface area contributed by atoms with E-state index in [0.717, 1.165) is 57.1 Å². The Kier molecular flexibility index (Phi) is 7.14. The Hall–Kier alpha value is -2.28. The van der Waals surface area contributed by atoms with Crippen LogP contribution >= 0.6 is 0 Å². The molecular formula is C21H31N3O4. The van der Waals surface area contributed by atoms with Crippen molar-refractivity contribution in [3.05, 3.63) is 23.8 Å². The number of carbonyl (C=O) groups is 2. The van der Waals surface area contributed by atoms with Crippen LogP contribution in [-0.2, 0) is 16.1 Å². The van der Waals surface area contributed by atoms with Crippen LogP contribution in [0.2, 0.25) is 0 Å². The van der Waals surface area contributed by atoms with Gasteiger partial charge >= 0.3 is 0 Å². The number of methoxy groups -OCH3 is 2. The van der Waals surface area contributed by atoms with Gasteiger partial charge in [-0.2, -0.15) is 0 Å². The molecule has 0 aromatic heterocycles. The lowest BCUT2D eigenvalue weighted by Gasteiger charge is -2.35. The average Bonchev–Trinajstić information content (AvgIpc) is 3.56. The Labute approximate surface area is 167 Å². The van der Waals surface area contributed by atoms with Crippen molar-refractivity contribution in [2.45, 2.75) is 32.2 Å². The average molecular weight is 389 g/mol. The number of benzene rings is 1. The summed E-state index contributed by atoms with van der Waals surface area (Å²) in [6, 6.07) is 5.98. The Morgan fingerprint density at radius 3 is 2.43 bits per heavy atom. The highest BCUT2D eigenvalue weighted by molar-refractivity contribution is 5.81. The van der Waals surface area contributed by atoms with E-state index in [1.165, 1.54) is 5.56 Å². The first-order chi connectivity index (χ1) is 13.6. The van der Waals surface area contributed by atoms with E-state index < -0.39 is 0 Å². The normalized spacial score (nSPS) is 17.3. The van der Waals surface area contributed by atoms with E-state index in [2.05, 4.69) is 16.3 Å². The monoisotopic (exact) mass is 389 g/mol. The minimum absolute atomic E-state index is 0.149. The van der Waals surface area contributed by atoms with Gasteiger partial charge in [-0.1, -0.05) is 6.07 Å². The second kappa shape index (κ2) is 9.78. The number of piperazine rings is 1. The van der Waals surface area contributed by atoms with E-state index in [9.17, 15) is 9.59 Å². The predicted octanol–water partition coefficient (Wildman–Crippen LogP) is 1.65. The van der Waals surface area contributed by atoms with Crippen LogP contribution in [0.3, 0.4) is 0 Å². The number of carbonyl (C=O) groups excluding carboxylic acids is 2. The Balaban J connectivity index is 1.36. The second-order valence-electron chi connectivity index (χ2n) is 7.52. The van der Waals surface area contributed by atoms with Crippen LogP contribution in [0.15, 0.2) is 18.2 Å². The first kappa shape index (κ1) is 20.5. The van der Waals surface area contributed by atoms with Gasteiger partial charge in [0, 0.05) is 51.6 Å². The third-order valence-electron chi connectivity index (χ3n) is 5.39. The van der Waals surface area contributed by atoms with Crippen LogP contribution in [0.1, 0.15) is 31.2 Å². The fourth-order valence-corrected chi connectivity index (χ4v) is 3.49. The van der Waals surface area contributed by atoms with E-state index in [1.54, 1.807) is 14.2 Å². The maximum absolute atomic E-state index is 12.4. The van der Waals surface area contributed by atoms with E-state index >= 15 is 0 Å². The molecule has 0 bridgehead atoms. The standard InChI is InChI=1S/C21H31N3O4/c1-27-18-8-5-16(14-19(18)28-2)15-23-10-12-24(13-11-23)20(25)4-3-9-22-21(26)17-6-7-17/h5,8,14,17H,3-4,6-7,9-13,15H2,1-2H3,(H,22,26). The number of nitrogens with one attached hydrogen (secondary N) is 1. The van der Waals surface area contributed by atoms with Crippen molar-refractivity contribution in [2.75, 3.05) is 46.9 Å². The second-order valence-corrected chi connectivity index (χ2v) is 7.52. The molecule has 154 valence electrons. The van der Waals surface area contributed by atoms with Crippen LogP contribution in [0.5, 0.6) is 11.5 Å². The third kappa shape index (κ3) is 5.61. The molecule has 1 saturated heterocycles. The van der Waals surface area contributed by atoms with Gasteiger partial charge in [-0.3, -0.25) is 14.5 Å². The molecule has 1 saturated carbocycles. The topological polar surface area (TPSA) is 71.1 Å². The molecule has 1 aliphatic carbocycles.